The first-order valence-electron chi connectivity index (χ1n) is 7.25. The van der Waals surface area contributed by atoms with E-state index in [4.69, 9.17) is 5.10 Å². The van der Waals surface area contributed by atoms with Crippen LogP contribution in [0.15, 0.2) is 30.3 Å². The summed E-state index contributed by atoms with van der Waals surface area (Å²) in [6.45, 7) is 4.37. The predicted molar refractivity (Wildman–Crippen MR) is 90.0 cm³/mol. The number of nitrogens with zero attached hydrogens (tertiary/aromatic N) is 2. The highest BCUT2D eigenvalue weighted by Gasteiger charge is 2.17. The Balaban J connectivity index is 1.96. The zero-order valence-electron chi connectivity index (χ0n) is 13.0. The second-order valence-corrected chi connectivity index (χ2v) is 6.81. The van der Waals surface area contributed by atoms with Gasteiger partial charge in [0, 0.05) is 34.7 Å². The lowest BCUT2D eigenvalue weighted by Gasteiger charge is -2.13. The molecule has 2 heterocycles. The van der Waals surface area contributed by atoms with Gasteiger partial charge in [-0.25, -0.2) is 0 Å². The van der Waals surface area contributed by atoms with E-state index >= 15 is 0 Å². The molecule has 1 aromatic carbocycles. The van der Waals surface area contributed by atoms with Crippen molar-refractivity contribution < 1.29 is 0 Å². The van der Waals surface area contributed by atoms with E-state index in [1.54, 1.807) is 0 Å². The summed E-state index contributed by atoms with van der Waals surface area (Å²) >= 11 is 1.88. The van der Waals surface area contributed by atoms with Crippen LogP contribution in [0.25, 0.3) is 10.9 Å². The smallest absolute Gasteiger partial charge is 0.0722 e. The van der Waals surface area contributed by atoms with Gasteiger partial charge < -0.3 is 5.32 Å². The minimum Gasteiger partial charge on any atom is -0.312 e. The summed E-state index contributed by atoms with van der Waals surface area (Å²) in [5, 5.41) is 9.41. The fourth-order valence-corrected chi connectivity index (χ4v) is 3.90. The summed E-state index contributed by atoms with van der Waals surface area (Å²) in [6, 6.07) is 11.1. The number of benzene rings is 1. The van der Waals surface area contributed by atoms with Gasteiger partial charge in [0.1, 0.15) is 0 Å². The van der Waals surface area contributed by atoms with Crippen LogP contribution in [-0.4, -0.2) is 16.8 Å². The van der Waals surface area contributed by atoms with Crippen LogP contribution in [0.4, 0.5) is 0 Å². The van der Waals surface area contributed by atoms with E-state index in [-0.39, 0.29) is 0 Å². The Morgan fingerprint density at radius 2 is 2.05 bits per heavy atom. The average Bonchev–Trinajstić information content (AvgIpc) is 2.98. The average molecular weight is 299 g/mol. The van der Waals surface area contributed by atoms with Crippen molar-refractivity contribution >= 4 is 22.2 Å². The van der Waals surface area contributed by atoms with Crippen LogP contribution in [0.1, 0.15) is 27.1 Å². The maximum absolute atomic E-state index is 4.71. The zero-order valence-corrected chi connectivity index (χ0v) is 13.8. The van der Waals surface area contributed by atoms with E-state index in [1.807, 2.05) is 30.1 Å². The number of thiophene rings is 1. The molecule has 4 heteroatoms. The first-order chi connectivity index (χ1) is 10.1. The number of nitrogens with one attached hydrogen (secondary N) is 1. The van der Waals surface area contributed by atoms with Crippen molar-refractivity contribution in [3.63, 3.8) is 0 Å². The molecule has 110 valence electrons. The summed E-state index contributed by atoms with van der Waals surface area (Å²) in [6.07, 6.45) is 0.914. The van der Waals surface area contributed by atoms with Crippen LogP contribution in [-0.2, 0) is 13.5 Å². The number of rotatable bonds is 4. The van der Waals surface area contributed by atoms with Crippen LogP contribution >= 0.6 is 11.3 Å². The molecule has 0 aliphatic carbocycles. The number of para-hydroxylation sites is 1. The van der Waals surface area contributed by atoms with Crippen LogP contribution in [0.2, 0.25) is 0 Å². The van der Waals surface area contributed by atoms with Crippen molar-refractivity contribution in [2.75, 3.05) is 7.05 Å². The zero-order chi connectivity index (χ0) is 15.0. The number of hydrogen-bond acceptors (Lipinski definition) is 3. The maximum atomic E-state index is 4.71. The van der Waals surface area contributed by atoms with Crippen LogP contribution in [0.5, 0.6) is 0 Å². The van der Waals surface area contributed by atoms with Gasteiger partial charge in [-0.1, -0.05) is 18.2 Å². The molecule has 0 saturated heterocycles. The summed E-state index contributed by atoms with van der Waals surface area (Å²) in [7, 11) is 4.04. The molecule has 1 atom stereocenters. The van der Waals surface area contributed by atoms with Gasteiger partial charge in [-0.05, 0) is 38.6 Å². The van der Waals surface area contributed by atoms with Gasteiger partial charge in [-0.15, -0.1) is 11.3 Å². The van der Waals surface area contributed by atoms with Crippen molar-refractivity contribution in [2.24, 2.45) is 7.05 Å². The summed E-state index contributed by atoms with van der Waals surface area (Å²) < 4.78 is 1.97. The van der Waals surface area contributed by atoms with E-state index in [9.17, 15) is 0 Å². The molecular formula is C17H21N3S. The Morgan fingerprint density at radius 1 is 1.29 bits per heavy atom. The fraction of sp³-hybridized carbons (Fsp3) is 0.353. The van der Waals surface area contributed by atoms with Crippen LogP contribution in [0.3, 0.4) is 0 Å². The predicted octanol–water partition coefficient (Wildman–Crippen LogP) is 3.75. The standard InChI is InChI=1S/C17H21N3S/c1-11-9-17(21-12(11)2)15(18-3)10-14-13-7-5-6-8-16(13)20(4)19-14/h5-9,15,18H,10H2,1-4H3. The molecular weight excluding hydrogens is 278 g/mol. The molecule has 0 radical (unpaired) electrons. The highest BCUT2D eigenvalue weighted by Crippen LogP contribution is 2.30. The Labute approximate surface area is 129 Å². The molecule has 1 N–H and O–H groups in total. The Morgan fingerprint density at radius 3 is 2.71 bits per heavy atom. The molecule has 2 aromatic heterocycles. The number of likely N-dealkylation sites (N-methyl/N-ethyl adjacent to an activating group) is 1. The molecule has 0 aliphatic rings. The third-order valence-corrected chi connectivity index (χ3v) is 5.37. The molecule has 3 rings (SSSR count). The van der Waals surface area contributed by atoms with E-state index in [0.717, 1.165) is 12.1 Å². The van der Waals surface area contributed by atoms with Gasteiger partial charge in [0.15, 0.2) is 0 Å². The highest BCUT2D eigenvalue weighted by molar-refractivity contribution is 7.12. The second kappa shape index (κ2) is 5.62. The van der Waals surface area contributed by atoms with Crippen molar-refractivity contribution in [3.8, 4) is 0 Å². The second-order valence-electron chi connectivity index (χ2n) is 5.52. The lowest BCUT2D eigenvalue weighted by atomic mass is 10.1. The van der Waals surface area contributed by atoms with Crippen molar-refractivity contribution in [2.45, 2.75) is 26.3 Å². The van der Waals surface area contributed by atoms with E-state index < -0.39 is 0 Å². The Hall–Kier alpha value is -1.65. The van der Waals surface area contributed by atoms with Crippen molar-refractivity contribution in [1.29, 1.82) is 0 Å². The molecule has 3 nitrogen and oxygen atoms in total. The third-order valence-electron chi connectivity index (χ3n) is 4.11. The lowest BCUT2D eigenvalue weighted by Crippen LogP contribution is -2.18. The van der Waals surface area contributed by atoms with Gasteiger partial charge in [0.2, 0.25) is 0 Å². The fourth-order valence-electron chi connectivity index (χ4n) is 2.75. The topological polar surface area (TPSA) is 29.9 Å². The number of hydrogen-bond donors (Lipinski definition) is 1. The van der Waals surface area contributed by atoms with E-state index in [1.165, 1.54) is 26.2 Å². The van der Waals surface area contributed by atoms with Gasteiger partial charge in [-0.2, -0.15) is 5.10 Å². The van der Waals surface area contributed by atoms with Gasteiger partial charge >= 0.3 is 0 Å². The van der Waals surface area contributed by atoms with Gasteiger partial charge in [0.05, 0.1) is 11.2 Å². The highest BCUT2D eigenvalue weighted by atomic mass is 32.1. The SMILES string of the molecule is CNC(Cc1nn(C)c2ccccc12)c1cc(C)c(C)s1. The number of aryl methyl sites for hydroxylation is 3. The summed E-state index contributed by atoms with van der Waals surface area (Å²) in [5.74, 6) is 0. The van der Waals surface area contributed by atoms with E-state index in [0.29, 0.717) is 6.04 Å². The largest absolute Gasteiger partial charge is 0.312 e. The summed E-state index contributed by atoms with van der Waals surface area (Å²) in [4.78, 5) is 2.79. The molecule has 0 aliphatic heterocycles. The lowest BCUT2D eigenvalue weighted by molar-refractivity contribution is 0.588. The molecule has 21 heavy (non-hydrogen) atoms. The van der Waals surface area contributed by atoms with Crippen molar-refractivity contribution in [1.82, 2.24) is 15.1 Å². The molecule has 0 spiro atoms. The van der Waals surface area contributed by atoms with Gasteiger partial charge in [-0.3, -0.25) is 4.68 Å². The minimum absolute atomic E-state index is 0.320. The van der Waals surface area contributed by atoms with Gasteiger partial charge in [0.25, 0.3) is 0 Å². The molecule has 0 amide bonds. The number of aromatic nitrogens is 2. The third kappa shape index (κ3) is 2.61. The molecule has 0 bridgehead atoms. The minimum atomic E-state index is 0.320. The first-order valence-corrected chi connectivity index (χ1v) is 8.06. The number of fused-ring (bicyclic) bond motifs is 1. The molecule has 0 fully saturated rings. The summed E-state index contributed by atoms with van der Waals surface area (Å²) in [5.41, 5.74) is 3.73. The van der Waals surface area contributed by atoms with Crippen molar-refractivity contribution in [3.05, 3.63) is 51.3 Å². The molecule has 3 aromatic rings. The molecule has 0 saturated carbocycles. The monoisotopic (exact) mass is 299 g/mol. The maximum Gasteiger partial charge on any atom is 0.0722 e. The van der Waals surface area contributed by atoms with E-state index in [2.05, 4.69) is 49.5 Å². The Bertz CT molecular complexity index is 750. The van der Waals surface area contributed by atoms with Crippen LogP contribution < -0.4 is 5.32 Å². The Kier molecular flexibility index (Phi) is 3.83. The molecule has 1 unspecified atom stereocenters. The normalized spacial score (nSPS) is 13.0. The quantitative estimate of drug-likeness (QED) is 0.795. The first kappa shape index (κ1) is 14.3. The van der Waals surface area contributed by atoms with Crippen LogP contribution in [0, 0.1) is 13.8 Å².